The van der Waals surface area contributed by atoms with E-state index in [1.807, 2.05) is 49.6 Å². The highest BCUT2D eigenvalue weighted by atomic mass is 32.1. The third-order valence-corrected chi connectivity index (χ3v) is 5.31. The van der Waals surface area contributed by atoms with Crippen molar-refractivity contribution in [2.45, 2.75) is 20.5 Å². The van der Waals surface area contributed by atoms with Gasteiger partial charge in [0.2, 0.25) is 0 Å². The van der Waals surface area contributed by atoms with Crippen molar-refractivity contribution in [1.82, 2.24) is 9.38 Å². The molecule has 0 aliphatic carbocycles. The zero-order valence-electron chi connectivity index (χ0n) is 16.0. The van der Waals surface area contributed by atoms with Gasteiger partial charge < -0.3 is 10.1 Å². The van der Waals surface area contributed by atoms with E-state index in [0.29, 0.717) is 27.7 Å². The lowest BCUT2D eigenvalue weighted by atomic mass is 10.2. The number of anilines is 1. The van der Waals surface area contributed by atoms with Crippen molar-refractivity contribution >= 4 is 28.6 Å². The number of carbonyl (C=O) groups is 1. The van der Waals surface area contributed by atoms with Gasteiger partial charge in [0.25, 0.3) is 11.5 Å². The third-order valence-electron chi connectivity index (χ3n) is 4.44. The van der Waals surface area contributed by atoms with Gasteiger partial charge in [0.1, 0.15) is 18.0 Å². The number of nitrogens with one attached hydrogen (secondary N) is 1. The van der Waals surface area contributed by atoms with Crippen LogP contribution in [0.1, 0.15) is 26.5 Å². The van der Waals surface area contributed by atoms with Crippen molar-refractivity contribution in [1.29, 1.82) is 0 Å². The lowest BCUT2D eigenvalue weighted by Crippen LogP contribution is -2.16. The van der Waals surface area contributed by atoms with Crippen LogP contribution in [0.3, 0.4) is 0 Å². The summed E-state index contributed by atoms with van der Waals surface area (Å²) in [4.78, 5) is 29.7. The van der Waals surface area contributed by atoms with Gasteiger partial charge in [0.05, 0.1) is 10.6 Å². The van der Waals surface area contributed by atoms with Gasteiger partial charge in [-0.3, -0.25) is 14.0 Å². The number of fused-ring (bicyclic) bond motifs is 1. The first kappa shape index (κ1) is 18.9. The highest BCUT2D eigenvalue weighted by Gasteiger charge is 2.10. The van der Waals surface area contributed by atoms with Crippen LogP contribution < -0.4 is 15.6 Å². The van der Waals surface area contributed by atoms with Crippen LogP contribution in [0, 0.1) is 13.8 Å². The highest BCUT2D eigenvalue weighted by molar-refractivity contribution is 7.12. The Kier molecular flexibility index (Phi) is 5.14. The molecule has 0 aliphatic heterocycles. The Morgan fingerprint density at radius 2 is 2.03 bits per heavy atom. The number of pyridine rings is 1. The number of hydrogen-bond acceptors (Lipinski definition) is 5. The molecule has 146 valence electrons. The summed E-state index contributed by atoms with van der Waals surface area (Å²) in [6, 6.07) is 14.3. The molecule has 4 rings (SSSR count). The molecule has 0 saturated heterocycles. The Labute approximate surface area is 171 Å². The van der Waals surface area contributed by atoms with Gasteiger partial charge in [0, 0.05) is 24.0 Å². The second kappa shape index (κ2) is 7.89. The zero-order valence-corrected chi connectivity index (χ0v) is 16.8. The molecule has 7 heteroatoms. The largest absolute Gasteiger partial charge is 0.487 e. The number of benzene rings is 1. The number of aryl methyl sites for hydroxylation is 2. The molecule has 1 aromatic carbocycles. The number of nitrogens with zero attached hydrogens (tertiary/aromatic N) is 2. The fourth-order valence-electron chi connectivity index (χ4n) is 2.91. The van der Waals surface area contributed by atoms with E-state index in [9.17, 15) is 9.59 Å². The lowest BCUT2D eigenvalue weighted by molar-refractivity contribution is 0.103. The Hall–Kier alpha value is -3.45. The summed E-state index contributed by atoms with van der Waals surface area (Å²) in [5, 5.41) is 4.73. The van der Waals surface area contributed by atoms with E-state index in [-0.39, 0.29) is 18.1 Å². The monoisotopic (exact) mass is 405 g/mol. The molecule has 6 nitrogen and oxygen atoms in total. The molecular weight excluding hydrogens is 386 g/mol. The lowest BCUT2D eigenvalue weighted by Gasteiger charge is -2.12. The molecule has 0 spiro atoms. The van der Waals surface area contributed by atoms with E-state index in [0.717, 1.165) is 11.1 Å². The van der Waals surface area contributed by atoms with Crippen molar-refractivity contribution in [2.24, 2.45) is 0 Å². The van der Waals surface area contributed by atoms with Crippen molar-refractivity contribution in [3.8, 4) is 5.75 Å². The topological polar surface area (TPSA) is 72.7 Å². The average Bonchev–Trinajstić information content (AvgIpc) is 3.23. The molecule has 3 aromatic heterocycles. The summed E-state index contributed by atoms with van der Waals surface area (Å²) in [6.07, 6.45) is 1.72. The minimum atomic E-state index is -0.158. The van der Waals surface area contributed by atoms with Crippen LogP contribution in [0.5, 0.6) is 5.75 Å². The summed E-state index contributed by atoms with van der Waals surface area (Å²) in [5.41, 5.74) is 3.58. The van der Waals surface area contributed by atoms with Gasteiger partial charge in [-0.1, -0.05) is 12.1 Å². The first-order valence-electron chi connectivity index (χ1n) is 9.07. The molecule has 0 aliphatic rings. The predicted molar refractivity (Wildman–Crippen MR) is 114 cm³/mol. The fourth-order valence-corrected chi connectivity index (χ4v) is 3.53. The van der Waals surface area contributed by atoms with Gasteiger partial charge in [-0.05, 0) is 54.6 Å². The fraction of sp³-hybridized carbons (Fsp3) is 0.136. The Bertz CT molecular complexity index is 1250. The smallest absolute Gasteiger partial charge is 0.265 e. The van der Waals surface area contributed by atoms with Crippen LogP contribution in [-0.4, -0.2) is 15.3 Å². The number of amides is 1. The van der Waals surface area contributed by atoms with Crippen LogP contribution in [-0.2, 0) is 6.61 Å². The van der Waals surface area contributed by atoms with Crippen molar-refractivity contribution in [2.75, 3.05) is 5.32 Å². The minimum absolute atomic E-state index is 0.151. The van der Waals surface area contributed by atoms with Crippen molar-refractivity contribution < 1.29 is 9.53 Å². The molecule has 0 atom stereocenters. The normalized spacial score (nSPS) is 10.8. The number of rotatable bonds is 5. The summed E-state index contributed by atoms with van der Waals surface area (Å²) >= 11 is 1.39. The first-order chi connectivity index (χ1) is 14.0. The molecule has 4 aromatic rings. The molecular formula is C22H19N3O3S. The van der Waals surface area contributed by atoms with Crippen molar-refractivity contribution in [3.63, 3.8) is 0 Å². The highest BCUT2D eigenvalue weighted by Crippen LogP contribution is 2.24. The number of aromatic nitrogens is 2. The second-order valence-electron chi connectivity index (χ2n) is 6.72. The summed E-state index contributed by atoms with van der Waals surface area (Å²) in [5.74, 6) is 0.467. The second-order valence-corrected chi connectivity index (χ2v) is 7.67. The molecule has 1 amide bonds. The van der Waals surface area contributed by atoms with Crippen LogP contribution >= 0.6 is 11.3 Å². The van der Waals surface area contributed by atoms with Gasteiger partial charge in [-0.2, -0.15) is 0 Å². The Morgan fingerprint density at radius 3 is 2.83 bits per heavy atom. The number of hydrogen-bond donors (Lipinski definition) is 1. The van der Waals surface area contributed by atoms with Gasteiger partial charge in [0.15, 0.2) is 0 Å². The summed E-state index contributed by atoms with van der Waals surface area (Å²) < 4.78 is 7.41. The zero-order chi connectivity index (χ0) is 20.4. The molecule has 0 unspecified atom stereocenters. The molecule has 29 heavy (non-hydrogen) atoms. The Balaban J connectivity index is 1.53. The SMILES string of the molecule is Cc1ccn2c(=O)cc(COc3cc(NC(=O)c4cccs4)ccc3C)nc2c1. The van der Waals surface area contributed by atoms with Crippen LogP contribution in [0.15, 0.2) is 64.9 Å². The molecule has 0 fully saturated rings. The number of thiophene rings is 1. The molecule has 3 heterocycles. The van der Waals surface area contributed by atoms with Gasteiger partial charge in [-0.15, -0.1) is 11.3 Å². The molecule has 1 N–H and O–H groups in total. The van der Waals surface area contributed by atoms with E-state index >= 15 is 0 Å². The van der Waals surface area contributed by atoms with Crippen LogP contribution in [0.4, 0.5) is 5.69 Å². The molecule has 0 saturated carbocycles. The van der Waals surface area contributed by atoms with Gasteiger partial charge in [-0.25, -0.2) is 4.98 Å². The van der Waals surface area contributed by atoms with E-state index in [1.54, 1.807) is 18.3 Å². The van der Waals surface area contributed by atoms with Crippen molar-refractivity contribution in [3.05, 3.63) is 92.2 Å². The van der Waals surface area contributed by atoms with E-state index in [2.05, 4.69) is 10.3 Å². The predicted octanol–water partition coefficient (Wildman–Crippen LogP) is 4.20. The first-order valence-corrected chi connectivity index (χ1v) is 9.95. The minimum Gasteiger partial charge on any atom is -0.487 e. The molecule has 0 radical (unpaired) electrons. The summed E-state index contributed by atoms with van der Waals surface area (Å²) in [6.45, 7) is 4.03. The van der Waals surface area contributed by atoms with Crippen LogP contribution in [0.25, 0.3) is 5.65 Å². The average molecular weight is 405 g/mol. The van der Waals surface area contributed by atoms with E-state index in [1.165, 1.54) is 21.8 Å². The van der Waals surface area contributed by atoms with Crippen LogP contribution in [0.2, 0.25) is 0 Å². The number of ether oxygens (including phenoxy) is 1. The third kappa shape index (κ3) is 4.20. The Morgan fingerprint density at radius 1 is 1.17 bits per heavy atom. The maximum Gasteiger partial charge on any atom is 0.265 e. The summed E-state index contributed by atoms with van der Waals surface area (Å²) in [7, 11) is 0. The number of carbonyl (C=O) groups excluding carboxylic acids is 1. The standard InChI is InChI=1S/C22H19N3O3S/c1-14-7-8-25-20(10-14)23-17(12-21(25)26)13-28-18-11-16(6-5-15(18)2)24-22(27)19-4-3-9-29-19/h3-12H,13H2,1-2H3,(H,24,27). The van der Waals surface area contributed by atoms with Gasteiger partial charge >= 0.3 is 0 Å². The maximum atomic E-state index is 12.3. The quantitative estimate of drug-likeness (QED) is 0.540. The van der Waals surface area contributed by atoms with E-state index in [4.69, 9.17) is 4.74 Å². The molecule has 0 bridgehead atoms. The maximum absolute atomic E-state index is 12.3. The van der Waals surface area contributed by atoms with E-state index < -0.39 is 0 Å².